The number of hydrogen-bond donors (Lipinski definition) is 1. The van der Waals surface area contributed by atoms with Crippen LogP contribution in [0.25, 0.3) is 0 Å². The van der Waals surface area contributed by atoms with E-state index in [9.17, 15) is 0 Å². The van der Waals surface area contributed by atoms with Gasteiger partial charge in [-0.2, -0.15) is 0 Å². The first-order chi connectivity index (χ1) is 6.63. The quantitative estimate of drug-likeness (QED) is 0.901. The van der Waals surface area contributed by atoms with Crippen molar-refractivity contribution in [2.75, 3.05) is 6.54 Å². The van der Waals surface area contributed by atoms with Crippen LogP contribution in [0.5, 0.6) is 5.75 Å². The maximum Gasteiger partial charge on any atom is 0.120 e. The summed E-state index contributed by atoms with van der Waals surface area (Å²) in [4.78, 5) is 0. The highest BCUT2D eigenvalue weighted by Crippen LogP contribution is 2.23. The van der Waals surface area contributed by atoms with E-state index in [4.69, 9.17) is 10.5 Å². The van der Waals surface area contributed by atoms with Gasteiger partial charge in [-0.15, -0.1) is 0 Å². The molecule has 0 unspecified atom stereocenters. The van der Waals surface area contributed by atoms with E-state index in [2.05, 4.69) is 22.0 Å². The number of halogens is 1. The van der Waals surface area contributed by atoms with Crippen molar-refractivity contribution in [1.29, 1.82) is 0 Å². The number of ether oxygens (including phenoxy) is 1. The Balaban J connectivity index is 2.78. The molecule has 0 fully saturated rings. The Morgan fingerprint density at radius 2 is 2.14 bits per heavy atom. The van der Waals surface area contributed by atoms with Crippen molar-refractivity contribution in [3.63, 3.8) is 0 Å². The van der Waals surface area contributed by atoms with Gasteiger partial charge in [-0.3, -0.25) is 0 Å². The Morgan fingerprint density at radius 3 is 2.64 bits per heavy atom. The maximum absolute atomic E-state index is 5.57. The molecule has 0 atom stereocenters. The lowest BCUT2D eigenvalue weighted by molar-refractivity contribution is 0.242. The fraction of sp³-hybridized carbons (Fsp3) is 0.455. The summed E-state index contributed by atoms with van der Waals surface area (Å²) in [5.41, 5.74) is 6.72. The van der Waals surface area contributed by atoms with Gasteiger partial charge in [0.1, 0.15) is 5.75 Å². The molecular weight excluding hydrogens is 242 g/mol. The summed E-state index contributed by atoms with van der Waals surface area (Å²) in [7, 11) is 0. The highest BCUT2D eigenvalue weighted by atomic mass is 79.9. The van der Waals surface area contributed by atoms with Crippen LogP contribution in [-0.2, 0) is 6.42 Å². The molecule has 0 amide bonds. The zero-order chi connectivity index (χ0) is 10.6. The third-order valence-electron chi connectivity index (χ3n) is 1.81. The molecule has 0 radical (unpaired) electrons. The molecule has 1 aromatic rings. The molecule has 0 bridgehead atoms. The third kappa shape index (κ3) is 3.31. The number of rotatable bonds is 4. The molecule has 0 aliphatic heterocycles. The second-order valence-corrected chi connectivity index (χ2v) is 4.31. The Kier molecular flexibility index (Phi) is 4.42. The van der Waals surface area contributed by atoms with Crippen molar-refractivity contribution < 1.29 is 4.74 Å². The SMILES string of the molecule is CC(C)Oc1ccc(CCN)c(Br)c1. The van der Waals surface area contributed by atoms with Gasteiger partial charge in [0, 0.05) is 4.47 Å². The second-order valence-electron chi connectivity index (χ2n) is 3.46. The molecule has 2 nitrogen and oxygen atoms in total. The molecule has 0 aliphatic rings. The molecular formula is C11H16BrNO. The molecule has 0 saturated heterocycles. The zero-order valence-corrected chi connectivity index (χ0v) is 10.2. The highest BCUT2D eigenvalue weighted by molar-refractivity contribution is 9.10. The minimum absolute atomic E-state index is 0.210. The summed E-state index contributed by atoms with van der Waals surface area (Å²) in [6.45, 7) is 4.70. The predicted octanol–water partition coefficient (Wildman–Crippen LogP) is 2.74. The van der Waals surface area contributed by atoms with E-state index in [0.29, 0.717) is 6.54 Å². The third-order valence-corrected chi connectivity index (χ3v) is 2.55. The lowest BCUT2D eigenvalue weighted by Crippen LogP contribution is -2.06. The van der Waals surface area contributed by atoms with Gasteiger partial charge in [0.25, 0.3) is 0 Å². The van der Waals surface area contributed by atoms with Crippen molar-refractivity contribution >= 4 is 15.9 Å². The molecule has 0 heterocycles. The first-order valence-corrected chi connectivity index (χ1v) is 5.58. The van der Waals surface area contributed by atoms with Crippen LogP contribution in [0.1, 0.15) is 19.4 Å². The van der Waals surface area contributed by atoms with Gasteiger partial charge in [-0.1, -0.05) is 22.0 Å². The minimum atomic E-state index is 0.210. The van der Waals surface area contributed by atoms with Gasteiger partial charge in [0.05, 0.1) is 6.10 Å². The Bertz CT molecular complexity index is 299. The Hall–Kier alpha value is -0.540. The summed E-state index contributed by atoms with van der Waals surface area (Å²) in [6, 6.07) is 6.02. The second kappa shape index (κ2) is 5.37. The normalized spacial score (nSPS) is 10.6. The lowest BCUT2D eigenvalue weighted by Gasteiger charge is -2.11. The maximum atomic E-state index is 5.57. The molecule has 0 aliphatic carbocycles. The van der Waals surface area contributed by atoms with Crippen LogP contribution in [0, 0.1) is 0 Å². The van der Waals surface area contributed by atoms with E-state index < -0.39 is 0 Å². The van der Waals surface area contributed by atoms with Crippen molar-refractivity contribution in [2.24, 2.45) is 5.73 Å². The van der Waals surface area contributed by atoms with Gasteiger partial charge < -0.3 is 10.5 Å². The fourth-order valence-corrected chi connectivity index (χ4v) is 1.79. The topological polar surface area (TPSA) is 35.2 Å². The lowest BCUT2D eigenvalue weighted by atomic mass is 10.1. The first-order valence-electron chi connectivity index (χ1n) is 4.78. The molecule has 3 heteroatoms. The highest BCUT2D eigenvalue weighted by Gasteiger charge is 2.02. The van der Waals surface area contributed by atoms with E-state index in [-0.39, 0.29) is 6.10 Å². The summed E-state index contributed by atoms with van der Waals surface area (Å²) in [5, 5.41) is 0. The molecule has 78 valence electrons. The summed E-state index contributed by atoms with van der Waals surface area (Å²) in [6.07, 6.45) is 1.10. The number of hydrogen-bond acceptors (Lipinski definition) is 2. The van der Waals surface area contributed by atoms with Crippen LogP contribution in [0.15, 0.2) is 22.7 Å². The molecule has 1 aromatic carbocycles. The largest absolute Gasteiger partial charge is 0.491 e. The van der Waals surface area contributed by atoms with Crippen LogP contribution in [0.4, 0.5) is 0 Å². The van der Waals surface area contributed by atoms with E-state index in [0.717, 1.165) is 16.6 Å². The fourth-order valence-electron chi connectivity index (χ4n) is 1.23. The predicted molar refractivity (Wildman–Crippen MR) is 62.7 cm³/mol. The Morgan fingerprint density at radius 1 is 1.43 bits per heavy atom. The number of nitrogens with two attached hydrogens (primary N) is 1. The van der Waals surface area contributed by atoms with Crippen molar-refractivity contribution in [3.8, 4) is 5.75 Å². The van der Waals surface area contributed by atoms with Crippen molar-refractivity contribution in [2.45, 2.75) is 26.4 Å². The Labute approximate surface area is 93.6 Å². The summed E-state index contributed by atoms with van der Waals surface area (Å²) in [5.74, 6) is 0.896. The molecule has 0 spiro atoms. The summed E-state index contributed by atoms with van der Waals surface area (Å²) >= 11 is 3.50. The van der Waals surface area contributed by atoms with E-state index >= 15 is 0 Å². The van der Waals surface area contributed by atoms with Gasteiger partial charge >= 0.3 is 0 Å². The van der Waals surface area contributed by atoms with Gasteiger partial charge in [0.15, 0.2) is 0 Å². The molecule has 0 aromatic heterocycles. The van der Waals surface area contributed by atoms with Crippen LogP contribution in [-0.4, -0.2) is 12.6 Å². The van der Waals surface area contributed by atoms with E-state index in [1.54, 1.807) is 0 Å². The smallest absolute Gasteiger partial charge is 0.120 e. The minimum Gasteiger partial charge on any atom is -0.491 e. The number of benzene rings is 1. The van der Waals surface area contributed by atoms with Crippen molar-refractivity contribution in [1.82, 2.24) is 0 Å². The van der Waals surface area contributed by atoms with Crippen LogP contribution >= 0.6 is 15.9 Å². The first kappa shape index (κ1) is 11.5. The zero-order valence-electron chi connectivity index (χ0n) is 8.59. The van der Waals surface area contributed by atoms with Gasteiger partial charge in [-0.05, 0) is 44.5 Å². The van der Waals surface area contributed by atoms with Gasteiger partial charge in [-0.25, -0.2) is 0 Å². The average Bonchev–Trinajstić information content (AvgIpc) is 2.09. The van der Waals surface area contributed by atoms with Crippen LogP contribution in [0.2, 0.25) is 0 Å². The monoisotopic (exact) mass is 257 g/mol. The van der Waals surface area contributed by atoms with Gasteiger partial charge in [0.2, 0.25) is 0 Å². The standard InChI is InChI=1S/C11H16BrNO/c1-8(2)14-10-4-3-9(5-6-13)11(12)7-10/h3-4,7-8H,5-6,13H2,1-2H3. The summed E-state index contributed by atoms with van der Waals surface area (Å²) < 4.78 is 6.64. The van der Waals surface area contributed by atoms with Crippen LogP contribution < -0.4 is 10.5 Å². The molecule has 14 heavy (non-hydrogen) atoms. The van der Waals surface area contributed by atoms with E-state index in [1.807, 2.05) is 26.0 Å². The molecule has 2 N–H and O–H groups in total. The molecule has 1 rings (SSSR count). The average molecular weight is 258 g/mol. The molecule has 0 saturated carbocycles. The van der Waals surface area contributed by atoms with E-state index in [1.165, 1.54) is 5.56 Å². The van der Waals surface area contributed by atoms with Crippen LogP contribution in [0.3, 0.4) is 0 Å². The van der Waals surface area contributed by atoms with Crippen molar-refractivity contribution in [3.05, 3.63) is 28.2 Å².